The first kappa shape index (κ1) is 12.7. The highest BCUT2D eigenvalue weighted by Gasteiger charge is 2.26. The fourth-order valence-electron chi connectivity index (χ4n) is 2.89. The molecule has 1 aliphatic heterocycles. The molecule has 2 fully saturated rings. The SMILES string of the molecule is CN1CCC(N(C)C(=O)NC2CCCC2)CC1. The van der Waals surface area contributed by atoms with Crippen molar-refractivity contribution in [2.24, 2.45) is 0 Å². The van der Waals surface area contributed by atoms with Crippen LogP contribution < -0.4 is 5.32 Å². The molecule has 1 heterocycles. The minimum Gasteiger partial charge on any atom is -0.335 e. The Labute approximate surface area is 104 Å². The van der Waals surface area contributed by atoms with Crippen LogP contribution in [-0.4, -0.2) is 55.1 Å². The number of carbonyl (C=O) groups is 1. The average molecular weight is 239 g/mol. The van der Waals surface area contributed by atoms with Crippen molar-refractivity contribution in [2.75, 3.05) is 27.2 Å². The van der Waals surface area contributed by atoms with Gasteiger partial charge in [0.1, 0.15) is 0 Å². The summed E-state index contributed by atoms with van der Waals surface area (Å²) in [4.78, 5) is 16.3. The van der Waals surface area contributed by atoms with Gasteiger partial charge in [0.15, 0.2) is 0 Å². The van der Waals surface area contributed by atoms with Gasteiger partial charge in [-0.15, -0.1) is 0 Å². The van der Waals surface area contributed by atoms with Crippen LogP contribution in [0, 0.1) is 0 Å². The number of urea groups is 1. The van der Waals surface area contributed by atoms with Crippen molar-refractivity contribution in [3.8, 4) is 0 Å². The van der Waals surface area contributed by atoms with Crippen LogP contribution in [0.15, 0.2) is 0 Å². The molecule has 0 aromatic carbocycles. The number of rotatable bonds is 2. The first-order valence-corrected chi connectivity index (χ1v) is 6.88. The maximum Gasteiger partial charge on any atom is 0.317 e. The topological polar surface area (TPSA) is 35.6 Å². The van der Waals surface area contributed by atoms with Crippen molar-refractivity contribution >= 4 is 6.03 Å². The Morgan fingerprint density at radius 2 is 1.76 bits per heavy atom. The predicted octanol–water partition coefficient (Wildman–Crippen LogP) is 1.66. The smallest absolute Gasteiger partial charge is 0.317 e. The molecule has 2 rings (SSSR count). The van der Waals surface area contributed by atoms with Crippen LogP contribution >= 0.6 is 0 Å². The summed E-state index contributed by atoms with van der Waals surface area (Å²) >= 11 is 0. The van der Waals surface area contributed by atoms with Crippen LogP contribution in [0.25, 0.3) is 0 Å². The van der Waals surface area contributed by atoms with Crippen LogP contribution in [0.5, 0.6) is 0 Å². The molecule has 2 amide bonds. The lowest BCUT2D eigenvalue weighted by atomic mass is 10.0. The molecule has 2 aliphatic rings. The Morgan fingerprint density at radius 3 is 2.35 bits per heavy atom. The van der Waals surface area contributed by atoms with Gasteiger partial charge in [-0.05, 0) is 45.8 Å². The fraction of sp³-hybridized carbons (Fsp3) is 0.923. The van der Waals surface area contributed by atoms with E-state index in [1.807, 2.05) is 11.9 Å². The van der Waals surface area contributed by atoms with Crippen molar-refractivity contribution in [2.45, 2.75) is 50.6 Å². The van der Waals surface area contributed by atoms with Crippen LogP contribution in [-0.2, 0) is 0 Å². The van der Waals surface area contributed by atoms with Crippen molar-refractivity contribution in [1.29, 1.82) is 0 Å². The molecule has 0 unspecified atom stereocenters. The van der Waals surface area contributed by atoms with Gasteiger partial charge < -0.3 is 15.1 Å². The van der Waals surface area contributed by atoms with Crippen molar-refractivity contribution in [1.82, 2.24) is 15.1 Å². The summed E-state index contributed by atoms with van der Waals surface area (Å²) in [5.74, 6) is 0. The third-order valence-corrected chi connectivity index (χ3v) is 4.24. The number of hydrogen-bond acceptors (Lipinski definition) is 2. The zero-order valence-corrected chi connectivity index (χ0v) is 11.1. The van der Waals surface area contributed by atoms with Crippen molar-refractivity contribution in [3.05, 3.63) is 0 Å². The molecule has 4 nitrogen and oxygen atoms in total. The number of likely N-dealkylation sites (tertiary alicyclic amines) is 1. The van der Waals surface area contributed by atoms with Gasteiger partial charge in [0.05, 0.1) is 0 Å². The second-order valence-electron chi connectivity index (χ2n) is 5.58. The summed E-state index contributed by atoms with van der Waals surface area (Å²) < 4.78 is 0. The van der Waals surface area contributed by atoms with Gasteiger partial charge in [-0.25, -0.2) is 4.79 Å². The molecule has 0 atom stereocenters. The van der Waals surface area contributed by atoms with Crippen LogP contribution in [0.4, 0.5) is 4.79 Å². The molecule has 1 N–H and O–H groups in total. The molecule has 4 heteroatoms. The average Bonchev–Trinajstić information content (AvgIpc) is 2.82. The van der Waals surface area contributed by atoms with E-state index < -0.39 is 0 Å². The summed E-state index contributed by atoms with van der Waals surface area (Å²) in [5.41, 5.74) is 0. The predicted molar refractivity (Wildman–Crippen MR) is 69.1 cm³/mol. The molecule has 98 valence electrons. The molecule has 1 saturated heterocycles. The van der Waals surface area contributed by atoms with E-state index in [2.05, 4.69) is 17.3 Å². The monoisotopic (exact) mass is 239 g/mol. The van der Waals surface area contributed by atoms with E-state index in [9.17, 15) is 4.79 Å². The molecule has 0 spiro atoms. The summed E-state index contributed by atoms with van der Waals surface area (Å²) in [6, 6.07) is 0.982. The lowest BCUT2D eigenvalue weighted by molar-refractivity contribution is 0.145. The zero-order chi connectivity index (χ0) is 12.3. The number of nitrogens with one attached hydrogen (secondary N) is 1. The van der Waals surface area contributed by atoms with E-state index in [1.54, 1.807) is 0 Å². The summed E-state index contributed by atoms with van der Waals surface area (Å²) in [6.45, 7) is 2.21. The quantitative estimate of drug-likeness (QED) is 0.795. The highest BCUT2D eigenvalue weighted by molar-refractivity contribution is 5.74. The summed E-state index contributed by atoms with van der Waals surface area (Å²) in [5, 5.41) is 3.16. The van der Waals surface area contributed by atoms with Crippen LogP contribution in [0.3, 0.4) is 0 Å². The Kier molecular flexibility index (Phi) is 4.26. The molecular weight excluding hydrogens is 214 g/mol. The zero-order valence-electron chi connectivity index (χ0n) is 11.1. The maximum atomic E-state index is 12.1. The minimum absolute atomic E-state index is 0.131. The Bertz CT molecular complexity index is 255. The van der Waals surface area contributed by atoms with E-state index >= 15 is 0 Å². The Morgan fingerprint density at radius 1 is 1.18 bits per heavy atom. The second-order valence-corrected chi connectivity index (χ2v) is 5.58. The van der Waals surface area contributed by atoms with E-state index in [0.29, 0.717) is 12.1 Å². The molecule has 0 bridgehead atoms. The lowest BCUT2D eigenvalue weighted by Crippen LogP contribution is -2.50. The first-order valence-electron chi connectivity index (χ1n) is 6.88. The van der Waals surface area contributed by atoms with E-state index in [1.165, 1.54) is 12.8 Å². The van der Waals surface area contributed by atoms with Crippen molar-refractivity contribution < 1.29 is 4.79 Å². The normalized spacial score (nSPS) is 23.9. The lowest BCUT2D eigenvalue weighted by Gasteiger charge is -2.35. The van der Waals surface area contributed by atoms with Crippen LogP contribution in [0.2, 0.25) is 0 Å². The van der Waals surface area contributed by atoms with E-state index in [-0.39, 0.29) is 6.03 Å². The number of amides is 2. The highest BCUT2D eigenvalue weighted by Crippen LogP contribution is 2.19. The molecular formula is C13H25N3O. The van der Waals surface area contributed by atoms with Gasteiger partial charge in [0.2, 0.25) is 0 Å². The van der Waals surface area contributed by atoms with Gasteiger partial charge in [0, 0.05) is 19.1 Å². The number of carbonyl (C=O) groups excluding carboxylic acids is 1. The van der Waals surface area contributed by atoms with Gasteiger partial charge >= 0.3 is 6.03 Å². The summed E-state index contributed by atoms with van der Waals surface area (Å²) in [7, 11) is 4.09. The molecule has 1 saturated carbocycles. The standard InChI is InChI=1S/C13H25N3O/c1-15-9-7-12(8-10-15)16(2)13(17)14-11-5-3-4-6-11/h11-12H,3-10H2,1-2H3,(H,14,17). The van der Waals surface area contributed by atoms with Gasteiger partial charge in [0.25, 0.3) is 0 Å². The minimum atomic E-state index is 0.131. The summed E-state index contributed by atoms with van der Waals surface area (Å²) in [6.07, 6.45) is 7.06. The highest BCUT2D eigenvalue weighted by atomic mass is 16.2. The first-order chi connectivity index (χ1) is 8.16. The fourth-order valence-corrected chi connectivity index (χ4v) is 2.89. The Hall–Kier alpha value is -0.770. The molecule has 0 aromatic rings. The van der Waals surface area contributed by atoms with Gasteiger partial charge in [-0.3, -0.25) is 0 Å². The van der Waals surface area contributed by atoms with Gasteiger partial charge in [-0.1, -0.05) is 12.8 Å². The van der Waals surface area contributed by atoms with E-state index in [0.717, 1.165) is 38.8 Å². The number of nitrogens with zero attached hydrogens (tertiary/aromatic N) is 2. The maximum absolute atomic E-state index is 12.1. The molecule has 0 aromatic heterocycles. The number of hydrogen-bond donors (Lipinski definition) is 1. The van der Waals surface area contributed by atoms with E-state index in [4.69, 9.17) is 0 Å². The van der Waals surface area contributed by atoms with Crippen molar-refractivity contribution in [3.63, 3.8) is 0 Å². The third-order valence-electron chi connectivity index (χ3n) is 4.24. The van der Waals surface area contributed by atoms with Crippen LogP contribution in [0.1, 0.15) is 38.5 Å². The molecule has 0 radical (unpaired) electrons. The van der Waals surface area contributed by atoms with Gasteiger partial charge in [-0.2, -0.15) is 0 Å². The third kappa shape index (κ3) is 3.35. The molecule has 17 heavy (non-hydrogen) atoms. The second kappa shape index (κ2) is 5.71. The molecule has 1 aliphatic carbocycles. The Balaban J connectivity index is 1.77. The largest absolute Gasteiger partial charge is 0.335 e. The number of piperidine rings is 1.